The Bertz CT molecular complexity index is 707. The summed E-state index contributed by atoms with van der Waals surface area (Å²) in [5.41, 5.74) is 2.91. The first-order chi connectivity index (χ1) is 11.1. The van der Waals surface area contributed by atoms with Crippen molar-refractivity contribution in [2.24, 2.45) is 11.1 Å². The van der Waals surface area contributed by atoms with Gasteiger partial charge in [0.25, 0.3) is 5.91 Å². The van der Waals surface area contributed by atoms with Gasteiger partial charge in [0.1, 0.15) is 0 Å². The van der Waals surface area contributed by atoms with Crippen LogP contribution in [-0.2, 0) is 16.2 Å². The minimum atomic E-state index is -0.512. The Hall–Kier alpha value is -2.63. The molecule has 0 saturated carbocycles. The second-order valence-electron chi connectivity index (χ2n) is 5.87. The number of aromatic nitrogens is 2. The molecule has 1 atom stereocenters. The monoisotopic (exact) mass is 312 g/mol. The summed E-state index contributed by atoms with van der Waals surface area (Å²) in [6.45, 7) is 4.54. The molecule has 1 aliphatic rings. The standard InChI is InChI=1S/C17H20N4O2/c1-12(2)15-10-16(23-20-15)17(22)18-11-13-5-3-6-14(9-13)21-8-4-7-19-21/h3-9,12,16H,10-11H2,1-2H3,(H,18,22)/t16-/m0/s1. The highest BCUT2D eigenvalue weighted by Gasteiger charge is 2.28. The molecule has 0 radical (unpaired) electrons. The minimum absolute atomic E-state index is 0.131. The quantitative estimate of drug-likeness (QED) is 0.921. The van der Waals surface area contributed by atoms with E-state index in [2.05, 4.69) is 15.6 Å². The number of carbonyl (C=O) groups is 1. The van der Waals surface area contributed by atoms with Crippen molar-refractivity contribution in [3.8, 4) is 5.69 Å². The smallest absolute Gasteiger partial charge is 0.264 e. The molecule has 0 bridgehead atoms. The van der Waals surface area contributed by atoms with Crippen LogP contribution in [0.25, 0.3) is 5.69 Å². The molecule has 6 nitrogen and oxygen atoms in total. The molecular weight excluding hydrogens is 292 g/mol. The minimum Gasteiger partial charge on any atom is -0.382 e. The van der Waals surface area contributed by atoms with Gasteiger partial charge in [-0.05, 0) is 29.7 Å². The lowest BCUT2D eigenvalue weighted by Gasteiger charge is -2.11. The van der Waals surface area contributed by atoms with E-state index in [1.165, 1.54) is 0 Å². The molecule has 1 aromatic heterocycles. The molecule has 0 saturated heterocycles. The fourth-order valence-corrected chi connectivity index (χ4v) is 2.41. The topological polar surface area (TPSA) is 68.5 Å². The maximum absolute atomic E-state index is 12.2. The summed E-state index contributed by atoms with van der Waals surface area (Å²) in [4.78, 5) is 17.4. The van der Waals surface area contributed by atoms with Crippen molar-refractivity contribution < 1.29 is 9.63 Å². The predicted molar refractivity (Wildman–Crippen MR) is 87.2 cm³/mol. The first kappa shape index (κ1) is 15.3. The molecule has 23 heavy (non-hydrogen) atoms. The number of nitrogens with one attached hydrogen (secondary N) is 1. The summed E-state index contributed by atoms with van der Waals surface area (Å²) < 4.78 is 1.79. The normalized spacial score (nSPS) is 17.0. The average Bonchev–Trinajstić information content (AvgIpc) is 3.24. The molecule has 0 aliphatic carbocycles. The molecular formula is C17H20N4O2. The molecule has 0 spiro atoms. The highest BCUT2D eigenvalue weighted by atomic mass is 16.6. The molecule has 1 N–H and O–H groups in total. The SMILES string of the molecule is CC(C)C1=NO[C@H](C(=O)NCc2cccc(-n3cccn3)c2)C1. The van der Waals surface area contributed by atoms with E-state index in [0.29, 0.717) is 18.9 Å². The average molecular weight is 312 g/mol. The van der Waals surface area contributed by atoms with Crippen LogP contribution < -0.4 is 5.32 Å². The Morgan fingerprint density at radius 3 is 3.00 bits per heavy atom. The van der Waals surface area contributed by atoms with Crippen LogP contribution in [0.1, 0.15) is 25.8 Å². The zero-order chi connectivity index (χ0) is 16.2. The van der Waals surface area contributed by atoms with Crippen LogP contribution in [0.15, 0.2) is 47.9 Å². The predicted octanol–water partition coefficient (Wildman–Crippen LogP) is 2.29. The van der Waals surface area contributed by atoms with Crippen molar-refractivity contribution in [3.05, 3.63) is 48.3 Å². The van der Waals surface area contributed by atoms with Crippen molar-refractivity contribution >= 4 is 11.6 Å². The zero-order valence-corrected chi connectivity index (χ0v) is 13.3. The van der Waals surface area contributed by atoms with Crippen molar-refractivity contribution in [3.63, 3.8) is 0 Å². The van der Waals surface area contributed by atoms with Gasteiger partial charge in [0.05, 0.1) is 11.4 Å². The van der Waals surface area contributed by atoms with Crippen LogP contribution in [-0.4, -0.2) is 27.5 Å². The summed E-state index contributed by atoms with van der Waals surface area (Å²) in [7, 11) is 0. The number of amides is 1. The van der Waals surface area contributed by atoms with Gasteiger partial charge >= 0.3 is 0 Å². The van der Waals surface area contributed by atoms with E-state index in [0.717, 1.165) is 17.0 Å². The first-order valence-corrected chi connectivity index (χ1v) is 7.73. The van der Waals surface area contributed by atoms with Gasteiger partial charge in [-0.15, -0.1) is 0 Å². The van der Waals surface area contributed by atoms with Crippen molar-refractivity contribution in [2.75, 3.05) is 0 Å². The molecule has 0 unspecified atom stereocenters. The Morgan fingerprint density at radius 2 is 2.30 bits per heavy atom. The molecule has 6 heteroatoms. The Kier molecular flexibility index (Phi) is 4.41. The molecule has 120 valence electrons. The third-order valence-electron chi connectivity index (χ3n) is 3.80. The van der Waals surface area contributed by atoms with Gasteiger partial charge in [0.2, 0.25) is 6.10 Å². The van der Waals surface area contributed by atoms with Crippen LogP contribution in [0.5, 0.6) is 0 Å². The number of benzene rings is 1. The van der Waals surface area contributed by atoms with E-state index in [1.54, 1.807) is 10.9 Å². The van der Waals surface area contributed by atoms with E-state index < -0.39 is 6.10 Å². The number of hydrogen-bond donors (Lipinski definition) is 1. The second-order valence-corrected chi connectivity index (χ2v) is 5.87. The van der Waals surface area contributed by atoms with E-state index >= 15 is 0 Å². The Morgan fingerprint density at radius 1 is 1.43 bits per heavy atom. The Balaban J connectivity index is 1.57. The van der Waals surface area contributed by atoms with Crippen LogP contribution in [0.2, 0.25) is 0 Å². The molecule has 2 aromatic rings. The second kappa shape index (κ2) is 6.64. The maximum atomic E-state index is 12.2. The van der Waals surface area contributed by atoms with Crippen LogP contribution in [0.3, 0.4) is 0 Å². The molecule has 0 fully saturated rings. The van der Waals surface area contributed by atoms with E-state index in [1.807, 2.05) is 50.4 Å². The number of hydrogen-bond acceptors (Lipinski definition) is 4. The van der Waals surface area contributed by atoms with E-state index in [4.69, 9.17) is 4.84 Å². The molecule has 1 aromatic carbocycles. The number of rotatable bonds is 5. The summed E-state index contributed by atoms with van der Waals surface area (Å²) in [6, 6.07) is 9.77. The lowest BCUT2D eigenvalue weighted by molar-refractivity contribution is -0.131. The largest absolute Gasteiger partial charge is 0.382 e. The van der Waals surface area contributed by atoms with Crippen LogP contribution in [0.4, 0.5) is 0 Å². The van der Waals surface area contributed by atoms with Gasteiger partial charge in [-0.2, -0.15) is 5.10 Å². The summed E-state index contributed by atoms with van der Waals surface area (Å²) >= 11 is 0. The summed E-state index contributed by atoms with van der Waals surface area (Å²) in [5, 5.41) is 11.1. The van der Waals surface area contributed by atoms with Crippen molar-refractivity contribution in [2.45, 2.75) is 32.9 Å². The van der Waals surface area contributed by atoms with Gasteiger partial charge in [0.15, 0.2) is 0 Å². The molecule has 2 heterocycles. The molecule has 1 aliphatic heterocycles. The van der Waals surface area contributed by atoms with Gasteiger partial charge in [-0.25, -0.2) is 4.68 Å². The van der Waals surface area contributed by atoms with Gasteiger partial charge in [-0.1, -0.05) is 31.1 Å². The first-order valence-electron chi connectivity index (χ1n) is 7.73. The fraction of sp³-hybridized carbons (Fsp3) is 0.353. The summed E-state index contributed by atoms with van der Waals surface area (Å²) in [6.07, 6.45) is 3.67. The van der Waals surface area contributed by atoms with E-state index in [-0.39, 0.29) is 5.91 Å². The van der Waals surface area contributed by atoms with Gasteiger partial charge in [0, 0.05) is 25.4 Å². The lowest BCUT2D eigenvalue weighted by Crippen LogP contribution is -2.34. The highest BCUT2D eigenvalue weighted by Crippen LogP contribution is 2.16. The van der Waals surface area contributed by atoms with Crippen LogP contribution >= 0.6 is 0 Å². The van der Waals surface area contributed by atoms with Gasteiger partial charge < -0.3 is 10.2 Å². The number of oxime groups is 1. The fourth-order valence-electron chi connectivity index (χ4n) is 2.41. The van der Waals surface area contributed by atoms with Crippen molar-refractivity contribution in [1.82, 2.24) is 15.1 Å². The molecule has 1 amide bonds. The summed E-state index contributed by atoms with van der Waals surface area (Å²) in [5.74, 6) is 0.174. The van der Waals surface area contributed by atoms with Crippen molar-refractivity contribution in [1.29, 1.82) is 0 Å². The number of nitrogens with zero attached hydrogens (tertiary/aromatic N) is 3. The van der Waals surface area contributed by atoms with Gasteiger partial charge in [-0.3, -0.25) is 4.79 Å². The Labute approximate surface area is 135 Å². The third-order valence-corrected chi connectivity index (χ3v) is 3.80. The van der Waals surface area contributed by atoms with Crippen LogP contribution in [0, 0.1) is 5.92 Å². The maximum Gasteiger partial charge on any atom is 0.264 e. The zero-order valence-electron chi connectivity index (χ0n) is 13.3. The third kappa shape index (κ3) is 3.59. The molecule has 3 rings (SSSR count). The lowest BCUT2D eigenvalue weighted by atomic mass is 10.0. The van der Waals surface area contributed by atoms with E-state index in [9.17, 15) is 4.79 Å². The number of carbonyl (C=O) groups excluding carboxylic acids is 1. The highest BCUT2D eigenvalue weighted by molar-refractivity contribution is 5.93.